The largest absolute Gasteiger partial charge is 0.481 e. The summed E-state index contributed by atoms with van der Waals surface area (Å²) in [5.41, 5.74) is 0. The summed E-state index contributed by atoms with van der Waals surface area (Å²) in [5.74, 6) is -2.69. The third-order valence-electron chi connectivity index (χ3n) is 4.24. The van der Waals surface area contributed by atoms with Crippen LogP contribution in [0.3, 0.4) is 0 Å². The molecule has 4 atom stereocenters. The molecule has 6 heteroatoms. The van der Waals surface area contributed by atoms with E-state index in [1.165, 1.54) is 4.90 Å². The number of nitrogens with zero attached hydrogens (tertiary/aromatic N) is 1. The lowest BCUT2D eigenvalue weighted by molar-refractivity contribution is -0.151. The summed E-state index contributed by atoms with van der Waals surface area (Å²) in [6.07, 6.45) is 4.56. The Bertz CT molecular complexity index is 486. The molecule has 2 amide bonds. The number of fused-ring (bicyclic) bond motifs is 2. The number of aliphatic carboxylic acids is 1. The Kier molecular flexibility index (Phi) is 4.34. The highest BCUT2D eigenvalue weighted by atomic mass is 16.4. The van der Waals surface area contributed by atoms with Crippen LogP contribution in [0.1, 0.15) is 20.3 Å². The van der Waals surface area contributed by atoms with E-state index in [0.29, 0.717) is 0 Å². The van der Waals surface area contributed by atoms with Crippen LogP contribution < -0.4 is 5.32 Å². The minimum Gasteiger partial charge on any atom is -0.481 e. The first kappa shape index (κ1) is 15.5. The van der Waals surface area contributed by atoms with E-state index in [4.69, 9.17) is 0 Å². The zero-order valence-corrected chi connectivity index (χ0v) is 12.6. The highest BCUT2D eigenvalue weighted by molar-refractivity contribution is 5.89. The first-order chi connectivity index (χ1) is 9.81. The number of nitrogens with one attached hydrogen (secondary N) is 1. The highest BCUT2D eigenvalue weighted by Crippen LogP contribution is 2.48. The van der Waals surface area contributed by atoms with Crippen molar-refractivity contribution >= 4 is 17.8 Å². The zero-order valence-electron chi connectivity index (χ0n) is 12.6. The number of rotatable bonds is 5. The lowest BCUT2D eigenvalue weighted by atomic mass is 9.82. The van der Waals surface area contributed by atoms with E-state index < -0.39 is 17.8 Å². The monoisotopic (exact) mass is 294 g/mol. The quantitative estimate of drug-likeness (QED) is 0.723. The lowest BCUT2D eigenvalue weighted by Crippen LogP contribution is -2.46. The molecule has 1 fully saturated rings. The fourth-order valence-corrected chi connectivity index (χ4v) is 3.41. The molecule has 0 heterocycles. The molecular weight excluding hydrogens is 272 g/mol. The van der Waals surface area contributed by atoms with Crippen molar-refractivity contribution in [3.05, 3.63) is 12.2 Å². The molecule has 0 saturated heterocycles. The molecule has 2 bridgehead atoms. The predicted molar refractivity (Wildman–Crippen MR) is 76.3 cm³/mol. The fourth-order valence-electron chi connectivity index (χ4n) is 3.41. The SMILES string of the molecule is CC(C)NC(=O)CN(C)C(=O)C1C2C=CC(C2)C1C(=O)O. The van der Waals surface area contributed by atoms with Gasteiger partial charge in [0.15, 0.2) is 0 Å². The number of amides is 2. The van der Waals surface area contributed by atoms with Crippen molar-refractivity contribution in [2.24, 2.45) is 23.7 Å². The van der Waals surface area contributed by atoms with Gasteiger partial charge in [-0.1, -0.05) is 12.2 Å². The number of carboxylic acid groups (broad SMARTS) is 1. The van der Waals surface area contributed by atoms with Crippen LogP contribution in [-0.4, -0.2) is 47.4 Å². The van der Waals surface area contributed by atoms with Crippen molar-refractivity contribution in [1.29, 1.82) is 0 Å². The average Bonchev–Trinajstić information content (AvgIpc) is 2.96. The average molecular weight is 294 g/mol. The molecule has 2 aliphatic rings. The molecule has 116 valence electrons. The van der Waals surface area contributed by atoms with Crippen LogP contribution in [0.25, 0.3) is 0 Å². The molecule has 0 spiro atoms. The third-order valence-corrected chi connectivity index (χ3v) is 4.24. The number of hydrogen-bond acceptors (Lipinski definition) is 3. The molecule has 2 aliphatic carbocycles. The van der Waals surface area contributed by atoms with Crippen molar-refractivity contribution in [2.75, 3.05) is 13.6 Å². The summed E-state index contributed by atoms with van der Waals surface area (Å²) < 4.78 is 0. The Morgan fingerprint density at radius 3 is 2.33 bits per heavy atom. The van der Waals surface area contributed by atoms with Gasteiger partial charge in [0.2, 0.25) is 11.8 Å². The minimum atomic E-state index is -0.926. The second kappa shape index (κ2) is 5.87. The van der Waals surface area contributed by atoms with E-state index in [1.807, 2.05) is 26.0 Å². The molecule has 0 aromatic carbocycles. The van der Waals surface area contributed by atoms with E-state index in [1.54, 1.807) is 7.05 Å². The van der Waals surface area contributed by atoms with E-state index in [-0.39, 0.29) is 36.2 Å². The number of carbonyl (C=O) groups is 3. The van der Waals surface area contributed by atoms with E-state index in [9.17, 15) is 19.5 Å². The maximum absolute atomic E-state index is 12.5. The number of carboxylic acids is 1. The smallest absolute Gasteiger partial charge is 0.307 e. The molecule has 1 saturated carbocycles. The number of hydrogen-bond donors (Lipinski definition) is 2. The first-order valence-corrected chi connectivity index (χ1v) is 7.26. The summed E-state index contributed by atoms with van der Waals surface area (Å²) in [6, 6.07) is 0.0122. The fraction of sp³-hybridized carbons (Fsp3) is 0.667. The Balaban J connectivity index is 2.03. The van der Waals surface area contributed by atoms with Gasteiger partial charge >= 0.3 is 5.97 Å². The second-order valence-corrected chi connectivity index (χ2v) is 6.25. The summed E-state index contributed by atoms with van der Waals surface area (Å²) in [7, 11) is 1.55. The second-order valence-electron chi connectivity index (χ2n) is 6.25. The Morgan fingerprint density at radius 1 is 1.24 bits per heavy atom. The lowest BCUT2D eigenvalue weighted by Gasteiger charge is -2.28. The molecule has 0 aromatic rings. The minimum absolute atomic E-state index is 0.0122. The van der Waals surface area contributed by atoms with E-state index >= 15 is 0 Å². The van der Waals surface area contributed by atoms with Gasteiger partial charge in [-0.25, -0.2) is 0 Å². The van der Waals surface area contributed by atoms with Gasteiger partial charge in [-0.2, -0.15) is 0 Å². The normalized spacial score (nSPS) is 29.7. The van der Waals surface area contributed by atoms with Crippen molar-refractivity contribution in [2.45, 2.75) is 26.3 Å². The molecule has 2 N–H and O–H groups in total. The Labute approximate surface area is 124 Å². The molecule has 2 rings (SSSR count). The van der Waals surface area contributed by atoms with Gasteiger partial charge in [0, 0.05) is 13.1 Å². The van der Waals surface area contributed by atoms with Crippen molar-refractivity contribution in [3.63, 3.8) is 0 Å². The molecular formula is C15H22N2O4. The molecule has 21 heavy (non-hydrogen) atoms. The summed E-state index contributed by atoms with van der Waals surface area (Å²) in [6.45, 7) is 3.66. The third kappa shape index (κ3) is 3.09. The molecule has 0 aliphatic heterocycles. The van der Waals surface area contributed by atoms with Gasteiger partial charge in [-0.3, -0.25) is 14.4 Å². The Morgan fingerprint density at radius 2 is 1.81 bits per heavy atom. The molecule has 0 radical (unpaired) electrons. The van der Waals surface area contributed by atoms with Crippen LogP contribution in [0.5, 0.6) is 0 Å². The van der Waals surface area contributed by atoms with Crippen molar-refractivity contribution in [3.8, 4) is 0 Å². The molecule has 6 nitrogen and oxygen atoms in total. The molecule has 4 unspecified atom stereocenters. The summed E-state index contributed by atoms with van der Waals surface area (Å²) in [5, 5.41) is 12.1. The number of carbonyl (C=O) groups excluding carboxylic acids is 2. The van der Waals surface area contributed by atoms with Gasteiger partial charge in [0.25, 0.3) is 0 Å². The Hall–Kier alpha value is -1.85. The summed E-state index contributed by atoms with van der Waals surface area (Å²) in [4.78, 5) is 37.0. The maximum atomic E-state index is 12.5. The van der Waals surface area contributed by atoms with Crippen LogP contribution in [0.15, 0.2) is 12.2 Å². The number of likely N-dealkylation sites (N-methyl/N-ethyl adjacent to an activating group) is 1. The van der Waals surface area contributed by atoms with E-state index in [2.05, 4.69) is 5.32 Å². The topological polar surface area (TPSA) is 86.7 Å². The summed E-state index contributed by atoms with van der Waals surface area (Å²) >= 11 is 0. The number of allylic oxidation sites excluding steroid dienone is 2. The predicted octanol–water partition coefficient (Wildman–Crippen LogP) is 0.492. The highest BCUT2D eigenvalue weighted by Gasteiger charge is 2.52. The van der Waals surface area contributed by atoms with Crippen molar-refractivity contribution in [1.82, 2.24) is 10.2 Å². The first-order valence-electron chi connectivity index (χ1n) is 7.26. The van der Waals surface area contributed by atoms with Gasteiger partial charge in [0.05, 0.1) is 18.4 Å². The maximum Gasteiger partial charge on any atom is 0.307 e. The van der Waals surface area contributed by atoms with Crippen molar-refractivity contribution < 1.29 is 19.5 Å². The zero-order chi connectivity index (χ0) is 15.7. The van der Waals surface area contributed by atoms with Crippen LogP contribution in [0.2, 0.25) is 0 Å². The van der Waals surface area contributed by atoms with Crippen LogP contribution in [0, 0.1) is 23.7 Å². The van der Waals surface area contributed by atoms with Crippen LogP contribution in [0.4, 0.5) is 0 Å². The van der Waals surface area contributed by atoms with Gasteiger partial charge in [-0.15, -0.1) is 0 Å². The van der Waals surface area contributed by atoms with Gasteiger partial charge < -0.3 is 15.3 Å². The van der Waals surface area contributed by atoms with Crippen LogP contribution in [-0.2, 0) is 14.4 Å². The standard InChI is InChI=1S/C15H22N2O4/c1-8(2)16-11(18)7-17(3)14(19)12-9-4-5-10(6-9)13(12)15(20)21/h4-5,8-10,12-13H,6-7H2,1-3H3,(H,16,18)(H,20,21). The van der Waals surface area contributed by atoms with Gasteiger partial charge in [-0.05, 0) is 32.1 Å². The van der Waals surface area contributed by atoms with Crippen LogP contribution >= 0.6 is 0 Å². The van der Waals surface area contributed by atoms with Gasteiger partial charge in [0.1, 0.15) is 0 Å². The molecule has 0 aromatic heterocycles. The van der Waals surface area contributed by atoms with E-state index in [0.717, 1.165) is 6.42 Å².